The van der Waals surface area contributed by atoms with Gasteiger partial charge in [-0.3, -0.25) is 5.10 Å². The Bertz CT molecular complexity index is 1210. The number of amides is 2. The van der Waals surface area contributed by atoms with E-state index in [0.717, 1.165) is 12.1 Å². The van der Waals surface area contributed by atoms with Gasteiger partial charge in [-0.2, -0.15) is 18.3 Å². The molecule has 31 heavy (non-hydrogen) atoms. The van der Waals surface area contributed by atoms with E-state index in [2.05, 4.69) is 20.8 Å². The zero-order valence-corrected chi connectivity index (χ0v) is 15.9. The maximum atomic E-state index is 14.8. The lowest BCUT2D eigenvalue weighted by Crippen LogP contribution is -2.37. The average molecular weight is 431 g/mol. The number of fused-ring (bicyclic) bond motifs is 1. The molecule has 1 aliphatic rings. The van der Waals surface area contributed by atoms with Crippen LogP contribution >= 0.6 is 0 Å². The molecule has 1 heterocycles. The van der Waals surface area contributed by atoms with Crippen LogP contribution in [0.1, 0.15) is 17.5 Å². The van der Waals surface area contributed by atoms with Gasteiger partial charge >= 0.3 is 12.2 Å². The number of allylic oxidation sites excluding steroid dienone is 2. The molecule has 0 bridgehead atoms. The van der Waals surface area contributed by atoms with Crippen molar-refractivity contribution in [3.8, 4) is 0 Å². The molecule has 1 aromatic heterocycles. The van der Waals surface area contributed by atoms with Gasteiger partial charge in [0.05, 0.1) is 11.6 Å². The van der Waals surface area contributed by atoms with E-state index in [9.17, 15) is 22.4 Å². The normalized spacial score (nSPS) is 16.3. The number of urea groups is 1. The molecule has 2 aromatic carbocycles. The predicted octanol–water partition coefficient (Wildman–Crippen LogP) is 4.84. The summed E-state index contributed by atoms with van der Waals surface area (Å²) >= 11 is 0. The highest BCUT2D eigenvalue weighted by atomic mass is 19.4. The lowest BCUT2D eigenvalue weighted by molar-refractivity contribution is -0.137. The van der Waals surface area contributed by atoms with Gasteiger partial charge in [0, 0.05) is 16.6 Å². The van der Waals surface area contributed by atoms with E-state index in [1.54, 1.807) is 30.4 Å². The Morgan fingerprint density at radius 1 is 1.23 bits per heavy atom. The fourth-order valence-corrected chi connectivity index (χ4v) is 3.33. The van der Waals surface area contributed by atoms with E-state index in [4.69, 9.17) is 5.73 Å². The number of alkyl halides is 3. The molecule has 0 saturated heterocycles. The number of aromatic nitrogens is 2. The van der Waals surface area contributed by atoms with Gasteiger partial charge in [0.15, 0.2) is 11.6 Å². The number of anilines is 2. The van der Waals surface area contributed by atoms with E-state index in [1.165, 1.54) is 12.1 Å². The molecule has 0 saturated carbocycles. The number of hydrogen-bond acceptors (Lipinski definition) is 3. The fraction of sp³-hybridized carbons (Fsp3) is 0.143. The number of carbonyl (C=O) groups is 1. The van der Waals surface area contributed by atoms with Crippen LogP contribution in [0.25, 0.3) is 16.5 Å². The Labute approximate surface area is 173 Å². The summed E-state index contributed by atoms with van der Waals surface area (Å²) in [5, 5.41) is 11.9. The monoisotopic (exact) mass is 431 g/mol. The second kappa shape index (κ2) is 7.78. The molecule has 160 valence electrons. The molecule has 1 unspecified atom stereocenters. The van der Waals surface area contributed by atoms with E-state index in [1.807, 2.05) is 0 Å². The minimum Gasteiger partial charge on any atom is -0.382 e. The number of halogens is 4. The molecule has 4 rings (SSSR count). The van der Waals surface area contributed by atoms with Crippen molar-refractivity contribution in [3.05, 3.63) is 71.6 Å². The fourth-order valence-electron chi connectivity index (χ4n) is 3.33. The van der Waals surface area contributed by atoms with E-state index >= 15 is 0 Å². The van der Waals surface area contributed by atoms with Crippen molar-refractivity contribution in [1.29, 1.82) is 0 Å². The third-order valence-corrected chi connectivity index (χ3v) is 4.88. The van der Waals surface area contributed by atoms with Crippen LogP contribution in [0.4, 0.5) is 33.9 Å². The van der Waals surface area contributed by atoms with Crippen LogP contribution in [0.2, 0.25) is 0 Å². The highest BCUT2D eigenvalue weighted by Crippen LogP contribution is 2.31. The third kappa shape index (κ3) is 4.23. The molecule has 0 aliphatic heterocycles. The number of H-pyrrole nitrogens is 1. The Kier molecular flexibility index (Phi) is 5.14. The highest BCUT2D eigenvalue weighted by Gasteiger charge is 2.30. The molecule has 5 N–H and O–H groups in total. The zero-order valence-electron chi connectivity index (χ0n) is 15.9. The zero-order chi connectivity index (χ0) is 22.2. The molecular weight excluding hydrogens is 414 g/mol. The topological polar surface area (TPSA) is 95.8 Å². The maximum absolute atomic E-state index is 14.8. The molecule has 6 nitrogen and oxygen atoms in total. The van der Waals surface area contributed by atoms with Gasteiger partial charge in [-0.1, -0.05) is 30.4 Å². The van der Waals surface area contributed by atoms with Gasteiger partial charge in [-0.05, 0) is 36.3 Å². The Balaban J connectivity index is 1.41. The number of nitrogens with zero attached hydrogens (tertiary/aromatic N) is 1. The van der Waals surface area contributed by atoms with Crippen LogP contribution in [0.5, 0.6) is 0 Å². The summed E-state index contributed by atoms with van der Waals surface area (Å²) in [6.07, 6.45) is 1.000. The third-order valence-electron chi connectivity index (χ3n) is 4.88. The van der Waals surface area contributed by atoms with Crippen LogP contribution in [-0.4, -0.2) is 22.3 Å². The van der Waals surface area contributed by atoms with Gasteiger partial charge in [-0.25, -0.2) is 9.18 Å². The van der Waals surface area contributed by atoms with Crippen molar-refractivity contribution < 1.29 is 22.4 Å². The number of nitrogens with one attached hydrogen (secondary N) is 3. The van der Waals surface area contributed by atoms with E-state index in [0.29, 0.717) is 22.9 Å². The summed E-state index contributed by atoms with van der Waals surface area (Å²) in [5.74, 6) is -0.268. The summed E-state index contributed by atoms with van der Waals surface area (Å²) < 4.78 is 53.1. The quantitative estimate of drug-likeness (QED) is 0.447. The van der Waals surface area contributed by atoms with Gasteiger partial charge in [0.25, 0.3) is 0 Å². The summed E-state index contributed by atoms with van der Waals surface area (Å²) in [6, 6.07) is 6.60. The Morgan fingerprint density at radius 3 is 2.74 bits per heavy atom. The number of nitrogens with two attached hydrogens (primary N) is 1. The lowest BCUT2D eigenvalue weighted by atomic mass is 9.96. The Morgan fingerprint density at radius 2 is 2.03 bits per heavy atom. The first-order chi connectivity index (χ1) is 14.7. The van der Waals surface area contributed by atoms with Gasteiger partial charge in [0.2, 0.25) is 0 Å². The smallest absolute Gasteiger partial charge is 0.382 e. The van der Waals surface area contributed by atoms with Gasteiger partial charge < -0.3 is 16.4 Å². The molecule has 1 aliphatic carbocycles. The van der Waals surface area contributed by atoms with Crippen molar-refractivity contribution in [1.82, 2.24) is 15.5 Å². The standard InChI is InChI=1S/C21H17F4N5O/c22-17-15(8-9-16-18(17)29-30-19(16)26)11-4-6-13(7-5-11)27-20(31)28-14-3-1-2-12(10-14)21(23,24)25/h1-6,8-10,13H,7H2,(H3,26,29,30)(H2,27,28,31). The summed E-state index contributed by atoms with van der Waals surface area (Å²) in [5.41, 5.74) is 6.06. The first-order valence-electron chi connectivity index (χ1n) is 9.28. The number of rotatable bonds is 3. The van der Waals surface area contributed by atoms with Gasteiger partial charge in [-0.15, -0.1) is 0 Å². The SMILES string of the molecule is Nc1n[nH]c2c(F)c(C3=CCC(NC(=O)Nc4cccc(C(F)(F)F)c4)C=C3)ccc12. The molecule has 2 amide bonds. The van der Waals surface area contributed by atoms with Crippen LogP contribution in [0.3, 0.4) is 0 Å². The molecule has 1 atom stereocenters. The first-order valence-corrected chi connectivity index (χ1v) is 9.28. The minimum absolute atomic E-state index is 0.0255. The maximum Gasteiger partial charge on any atom is 0.416 e. The molecule has 10 heteroatoms. The van der Waals surface area contributed by atoms with Gasteiger partial charge in [0.1, 0.15) is 5.52 Å². The number of carbonyl (C=O) groups excluding carboxylic acids is 1. The number of nitrogen functional groups attached to an aromatic ring is 1. The lowest BCUT2D eigenvalue weighted by Gasteiger charge is -2.19. The Hall–Kier alpha value is -3.82. The van der Waals surface area contributed by atoms with E-state index in [-0.39, 0.29) is 17.0 Å². The van der Waals surface area contributed by atoms with Crippen molar-refractivity contribution in [2.24, 2.45) is 0 Å². The molecule has 0 radical (unpaired) electrons. The van der Waals surface area contributed by atoms with Crippen molar-refractivity contribution in [2.75, 3.05) is 11.1 Å². The van der Waals surface area contributed by atoms with Crippen molar-refractivity contribution >= 4 is 34.0 Å². The molecular formula is C21H17F4N5O. The van der Waals surface area contributed by atoms with Crippen LogP contribution in [-0.2, 0) is 6.18 Å². The second-order valence-corrected chi connectivity index (χ2v) is 7.00. The van der Waals surface area contributed by atoms with Crippen LogP contribution in [0.15, 0.2) is 54.6 Å². The average Bonchev–Trinajstić information content (AvgIpc) is 3.10. The van der Waals surface area contributed by atoms with E-state index < -0.39 is 29.6 Å². The molecule has 0 spiro atoms. The predicted molar refractivity (Wildman–Crippen MR) is 110 cm³/mol. The van der Waals surface area contributed by atoms with Crippen molar-refractivity contribution in [2.45, 2.75) is 18.6 Å². The number of aromatic amines is 1. The summed E-state index contributed by atoms with van der Waals surface area (Å²) in [4.78, 5) is 12.2. The summed E-state index contributed by atoms with van der Waals surface area (Å²) in [6.45, 7) is 0. The molecule has 3 aromatic rings. The highest BCUT2D eigenvalue weighted by molar-refractivity contribution is 5.93. The largest absolute Gasteiger partial charge is 0.416 e. The van der Waals surface area contributed by atoms with Crippen LogP contribution < -0.4 is 16.4 Å². The second-order valence-electron chi connectivity index (χ2n) is 7.00. The molecule has 0 fully saturated rings. The van der Waals surface area contributed by atoms with Crippen LogP contribution in [0, 0.1) is 5.82 Å². The number of hydrogen-bond donors (Lipinski definition) is 4. The first kappa shape index (κ1) is 20.5. The van der Waals surface area contributed by atoms with Crippen molar-refractivity contribution in [3.63, 3.8) is 0 Å². The minimum atomic E-state index is -4.50. The summed E-state index contributed by atoms with van der Waals surface area (Å²) in [7, 11) is 0. The number of benzene rings is 2.